The van der Waals surface area contributed by atoms with Crippen molar-refractivity contribution in [2.24, 2.45) is 0 Å². The number of ether oxygens (including phenoxy) is 1. The molecule has 1 heterocycles. The van der Waals surface area contributed by atoms with Gasteiger partial charge in [0.25, 0.3) is 5.91 Å². The average molecular weight is 398 g/mol. The molecule has 0 saturated carbocycles. The second-order valence-corrected chi connectivity index (χ2v) is 7.94. The van der Waals surface area contributed by atoms with E-state index >= 15 is 0 Å². The minimum absolute atomic E-state index is 0.0338. The van der Waals surface area contributed by atoms with Crippen LogP contribution in [0.3, 0.4) is 0 Å². The number of likely N-dealkylation sites (N-methyl/N-ethyl adjacent to an activating group) is 1. The van der Waals surface area contributed by atoms with Crippen LogP contribution in [0.15, 0.2) is 48.5 Å². The van der Waals surface area contributed by atoms with E-state index in [1.807, 2.05) is 33.2 Å². The van der Waals surface area contributed by atoms with E-state index in [1.165, 1.54) is 16.9 Å². The lowest BCUT2D eigenvalue weighted by Crippen LogP contribution is -3.12. The number of quaternary nitrogens is 1. The third-order valence-corrected chi connectivity index (χ3v) is 5.58. The van der Waals surface area contributed by atoms with E-state index < -0.39 is 0 Å². The van der Waals surface area contributed by atoms with Crippen molar-refractivity contribution in [3.05, 3.63) is 54.1 Å². The van der Waals surface area contributed by atoms with Gasteiger partial charge in [-0.15, -0.1) is 0 Å². The Morgan fingerprint density at radius 1 is 1.10 bits per heavy atom. The summed E-state index contributed by atoms with van der Waals surface area (Å²) in [6.07, 6.45) is 0. The first-order valence-electron chi connectivity index (χ1n) is 10.3. The van der Waals surface area contributed by atoms with Gasteiger partial charge in [0.2, 0.25) is 0 Å². The molecule has 0 bridgehead atoms. The van der Waals surface area contributed by atoms with Gasteiger partial charge in [0, 0.05) is 49.8 Å². The van der Waals surface area contributed by atoms with Gasteiger partial charge in [0.15, 0.2) is 6.04 Å². The largest absolute Gasteiger partial charge is 0.378 e. The Labute approximate surface area is 174 Å². The number of nitrogens with zero attached hydrogens (tertiary/aromatic N) is 2. The first-order chi connectivity index (χ1) is 13.9. The summed E-state index contributed by atoms with van der Waals surface area (Å²) in [5, 5.41) is 3.05. The summed E-state index contributed by atoms with van der Waals surface area (Å²) in [5.74, 6) is 0.0338. The van der Waals surface area contributed by atoms with E-state index in [0.717, 1.165) is 43.4 Å². The molecule has 0 radical (unpaired) electrons. The first kappa shape index (κ1) is 21.1. The van der Waals surface area contributed by atoms with E-state index in [1.54, 1.807) is 0 Å². The van der Waals surface area contributed by atoms with Crippen LogP contribution in [0.5, 0.6) is 0 Å². The quantitative estimate of drug-likeness (QED) is 0.746. The molecule has 2 aromatic carbocycles. The number of amides is 1. The molecule has 1 aliphatic heterocycles. The zero-order valence-electron chi connectivity index (χ0n) is 17.9. The lowest BCUT2D eigenvalue weighted by Gasteiger charge is -2.29. The van der Waals surface area contributed by atoms with E-state index in [-0.39, 0.29) is 11.9 Å². The third kappa shape index (κ3) is 5.71. The number of rotatable bonds is 7. The molecule has 1 fully saturated rings. The van der Waals surface area contributed by atoms with Crippen LogP contribution in [0.1, 0.15) is 12.5 Å². The SMILES string of the molecule is C[C@@H](C(=O)Nc1ccc(N2CCOCC2)cc1)[NH+](C)Cc1ccc(N(C)C)cc1. The number of nitrogens with one attached hydrogen (secondary N) is 2. The number of morpholine rings is 1. The molecule has 3 rings (SSSR count). The van der Waals surface area contributed by atoms with Crippen molar-refractivity contribution in [2.45, 2.75) is 19.5 Å². The lowest BCUT2D eigenvalue weighted by atomic mass is 10.1. The van der Waals surface area contributed by atoms with Gasteiger partial charge >= 0.3 is 0 Å². The molecule has 1 unspecified atom stereocenters. The van der Waals surface area contributed by atoms with Crippen LogP contribution in [0.4, 0.5) is 17.1 Å². The highest BCUT2D eigenvalue weighted by molar-refractivity contribution is 5.93. The predicted octanol–water partition coefficient (Wildman–Crippen LogP) is 1.63. The van der Waals surface area contributed by atoms with Crippen LogP contribution in [0.25, 0.3) is 0 Å². The van der Waals surface area contributed by atoms with Crippen LogP contribution in [-0.4, -0.2) is 59.4 Å². The van der Waals surface area contributed by atoms with Crippen molar-refractivity contribution in [3.63, 3.8) is 0 Å². The third-order valence-electron chi connectivity index (χ3n) is 5.58. The van der Waals surface area contributed by atoms with Gasteiger partial charge in [-0.1, -0.05) is 12.1 Å². The normalized spacial score (nSPS) is 16.2. The molecule has 6 heteroatoms. The fourth-order valence-corrected chi connectivity index (χ4v) is 3.44. The van der Waals surface area contributed by atoms with Gasteiger partial charge in [-0.3, -0.25) is 4.79 Å². The van der Waals surface area contributed by atoms with Crippen LogP contribution in [-0.2, 0) is 16.1 Å². The Balaban J connectivity index is 1.53. The molecule has 6 nitrogen and oxygen atoms in total. The summed E-state index contributed by atoms with van der Waals surface area (Å²) in [6, 6.07) is 16.4. The monoisotopic (exact) mass is 397 g/mol. The fraction of sp³-hybridized carbons (Fsp3) is 0.435. The van der Waals surface area contributed by atoms with Gasteiger partial charge in [0.05, 0.1) is 20.3 Å². The number of hydrogen-bond donors (Lipinski definition) is 2. The Morgan fingerprint density at radius 2 is 1.72 bits per heavy atom. The zero-order chi connectivity index (χ0) is 20.8. The van der Waals surface area contributed by atoms with Gasteiger partial charge in [-0.25, -0.2) is 0 Å². The van der Waals surface area contributed by atoms with Crippen LogP contribution in [0, 0.1) is 0 Å². The molecule has 1 aliphatic rings. The van der Waals surface area contributed by atoms with Crippen molar-refractivity contribution in [1.82, 2.24) is 0 Å². The maximum Gasteiger partial charge on any atom is 0.282 e. The first-order valence-corrected chi connectivity index (χ1v) is 10.3. The standard InChI is InChI=1S/C23H32N4O2/c1-18(26(4)17-19-5-9-21(10-6-19)25(2)3)23(28)24-20-7-11-22(12-8-20)27-13-15-29-16-14-27/h5-12,18H,13-17H2,1-4H3,(H,24,28)/p+1/t18-/m0/s1. The van der Waals surface area contributed by atoms with Gasteiger partial charge in [-0.2, -0.15) is 0 Å². The smallest absolute Gasteiger partial charge is 0.282 e. The summed E-state index contributed by atoms with van der Waals surface area (Å²) in [5.41, 5.74) is 4.41. The number of benzene rings is 2. The van der Waals surface area contributed by atoms with Gasteiger partial charge in [0.1, 0.15) is 6.54 Å². The van der Waals surface area contributed by atoms with Crippen molar-refractivity contribution >= 4 is 23.0 Å². The molecular weight excluding hydrogens is 364 g/mol. The molecule has 2 N–H and O–H groups in total. The van der Waals surface area contributed by atoms with Crippen molar-refractivity contribution < 1.29 is 14.4 Å². The summed E-state index contributed by atoms with van der Waals surface area (Å²) in [4.78, 5) is 18.3. The van der Waals surface area contributed by atoms with Gasteiger partial charge < -0.3 is 24.8 Å². The molecule has 0 aromatic heterocycles. The topological polar surface area (TPSA) is 49.3 Å². The molecule has 1 amide bonds. The van der Waals surface area contributed by atoms with Crippen LogP contribution < -0.4 is 20.0 Å². The highest BCUT2D eigenvalue weighted by Gasteiger charge is 2.22. The number of carbonyl (C=O) groups excluding carboxylic acids is 1. The lowest BCUT2D eigenvalue weighted by molar-refractivity contribution is -0.907. The maximum atomic E-state index is 12.7. The Hall–Kier alpha value is -2.57. The van der Waals surface area contributed by atoms with Gasteiger partial charge in [-0.05, 0) is 43.3 Å². The summed E-state index contributed by atoms with van der Waals surface area (Å²) in [6.45, 7) is 6.13. The molecule has 1 saturated heterocycles. The van der Waals surface area contributed by atoms with E-state index in [4.69, 9.17) is 4.74 Å². The van der Waals surface area contributed by atoms with Crippen molar-refractivity contribution in [1.29, 1.82) is 0 Å². The Bertz CT molecular complexity index is 784. The fourth-order valence-electron chi connectivity index (χ4n) is 3.44. The highest BCUT2D eigenvalue weighted by Crippen LogP contribution is 2.19. The molecule has 2 atom stereocenters. The average Bonchev–Trinajstić information content (AvgIpc) is 2.74. The summed E-state index contributed by atoms with van der Waals surface area (Å²) < 4.78 is 5.40. The van der Waals surface area contributed by atoms with E-state index in [0.29, 0.717) is 0 Å². The highest BCUT2D eigenvalue weighted by atomic mass is 16.5. The molecule has 156 valence electrons. The second-order valence-electron chi connectivity index (χ2n) is 7.94. The number of anilines is 3. The van der Waals surface area contributed by atoms with E-state index in [9.17, 15) is 4.79 Å². The van der Waals surface area contributed by atoms with E-state index in [2.05, 4.69) is 58.6 Å². The predicted molar refractivity (Wildman–Crippen MR) is 119 cm³/mol. The molecule has 29 heavy (non-hydrogen) atoms. The van der Waals surface area contributed by atoms with Crippen LogP contribution >= 0.6 is 0 Å². The molecule has 0 spiro atoms. The number of carbonyl (C=O) groups is 1. The Morgan fingerprint density at radius 3 is 2.31 bits per heavy atom. The molecular formula is C23H33N4O2+. The summed E-state index contributed by atoms with van der Waals surface area (Å²) in [7, 11) is 6.13. The zero-order valence-corrected chi connectivity index (χ0v) is 17.9. The Kier molecular flexibility index (Phi) is 7.12. The van der Waals surface area contributed by atoms with Crippen molar-refractivity contribution in [2.75, 3.05) is 62.6 Å². The van der Waals surface area contributed by atoms with Crippen LogP contribution in [0.2, 0.25) is 0 Å². The molecule has 2 aromatic rings. The minimum Gasteiger partial charge on any atom is -0.378 e. The van der Waals surface area contributed by atoms with Crippen molar-refractivity contribution in [3.8, 4) is 0 Å². The number of hydrogen-bond acceptors (Lipinski definition) is 4. The second kappa shape index (κ2) is 9.76. The minimum atomic E-state index is -0.151. The summed E-state index contributed by atoms with van der Waals surface area (Å²) >= 11 is 0. The molecule has 0 aliphatic carbocycles. The maximum absolute atomic E-state index is 12.7.